The van der Waals surface area contributed by atoms with Gasteiger partial charge in [0.05, 0.1) is 0 Å². The Morgan fingerprint density at radius 3 is 2.25 bits per heavy atom. The van der Waals surface area contributed by atoms with Gasteiger partial charge in [0.2, 0.25) is 5.91 Å². The van der Waals surface area contributed by atoms with E-state index >= 15 is 0 Å². The van der Waals surface area contributed by atoms with Gasteiger partial charge in [-0.2, -0.15) is 0 Å². The molecule has 2 aromatic carbocycles. The fourth-order valence-corrected chi connectivity index (χ4v) is 2.19. The Morgan fingerprint density at radius 2 is 1.67 bits per heavy atom. The molecule has 0 aromatic heterocycles. The number of carbonyl (C=O) groups is 2. The number of benzene rings is 2. The van der Waals surface area contributed by atoms with Gasteiger partial charge in [-0.05, 0) is 67.2 Å². The molecule has 0 fully saturated rings. The van der Waals surface area contributed by atoms with Crippen molar-refractivity contribution in [3.8, 4) is 0 Å². The quantitative estimate of drug-likeness (QED) is 0.491. The van der Waals surface area contributed by atoms with Gasteiger partial charge in [-0.3, -0.25) is 14.9 Å². The number of anilines is 1. The van der Waals surface area contributed by atoms with Gasteiger partial charge in [-0.25, -0.2) is 0 Å². The number of nitrogens with one attached hydrogen (secondary N) is 2. The molecule has 0 aliphatic rings. The molecule has 24 heavy (non-hydrogen) atoms. The van der Waals surface area contributed by atoms with E-state index in [0.717, 1.165) is 5.56 Å². The van der Waals surface area contributed by atoms with Gasteiger partial charge in [-0.15, -0.1) is 0 Å². The summed E-state index contributed by atoms with van der Waals surface area (Å²) in [4.78, 5) is 23.0. The number of amides is 1. The zero-order chi connectivity index (χ0) is 17.5. The third-order valence-electron chi connectivity index (χ3n) is 3.08. The highest BCUT2D eigenvalue weighted by Crippen LogP contribution is 2.11. The summed E-state index contributed by atoms with van der Waals surface area (Å²) in [5, 5.41) is 6.24. The van der Waals surface area contributed by atoms with Gasteiger partial charge < -0.3 is 5.32 Å². The normalized spacial score (nSPS) is 10.4. The van der Waals surface area contributed by atoms with E-state index in [1.807, 2.05) is 0 Å². The number of halogens is 1. The van der Waals surface area contributed by atoms with Crippen LogP contribution in [0.2, 0.25) is 5.02 Å². The smallest absolute Gasteiger partial charge is 0.250 e. The summed E-state index contributed by atoms with van der Waals surface area (Å²) in [7, 11) is 0. The Labute approximate surface area is 150 Å². The van der Waals surface area contributed by atoms with Crippen LogP contribution in [0, 0.1) is 0 Å². The zero-order valence-electron chi connectivity index (χ0n) is 12.9. The fourth-order valence-electron chi connectivity index (χ4n) is 1.85. The lowest BCUT2D eigenvalue weighted by atomic mass is 10.1. The van der Waals surface area contributed by atoms with E-state index in [9.17, 15) is 9.59 Å². The SMILES string of the molecule is CC(=O)c1ccc(NC(=S)NC(=O)/C=C/c2ccc(Cl)cc2)cc1. The molecule has 2 aromatic rings. The van der Waals surface area contributed by atoms with E-state index in [1.54, 1.807) is 54.6 Å². The van der Waals surface area contributed by atoms with Gasteiger partial charge in [0.1, 0.15) is 0 Å². The van der Waals surface area contributed by atoms with Crippen molar-refractivity contribution in [1.82, 2.24) is 5.32 Å². The predicted octanol–water partition coefficient (Wildman–Crippen LogP) is 4.07. The number of carbonyl (C=O) groups excluding carboxylic acids is 2. The Bertz CT molecular complexity index is 784. The maximum absolute atomic E-state index is 11.8. The molecule has 1 amide bonds. The molecule has 0 spiro atoms. The van der Waals surface area contributed by atoms with Crippen molar-refractivity contribution in [2.24, 2.45) is 0 Å². The third kappa shape index (κ3) is 5.61. The monoisotopic (exact) mass is 358 g/mol. The highest BCUT2D eigenvalue weighted by Gasteiger charge is 2.03. The zero-order valence-corrected chi connectivity index (χ0v) is 14.4. The lowest BCUT2D eigenvalue weighted by Gasteiger charge is -2.08. The van der Waals surface area contributed by atoms with Crippen molar-refractivity contribution >= 4 is 52.4 Å². The van der Waals surface area contributed by atoms with Crippen LogP contribution in [0.25, 0.3) is 6.08 Å². The second-order valence-corrected chi connectivity index (χ2v) is 5.81. The molecule has 0 radical (unpaired) electrons. The number of thiocarbonyl (C=S) groups is 1. The molecule has 0 saturated carbocycles. The maximum Gasteiger partial charge on any atom is 0.250 e. The maximum atomic E-state index is 11.8. The van der Waals surface area contributed by atoms with E-state index in [0.29, 0.717) is 16.3 Å². The minimum atomic E-state index is -0.345. The molecule has 2 rings (SSSR count). The van der Waals surface area contributed by atoms with Crippen LogP contribution < -0.4 is 10.6 Å². The van der Waals surface area contributed by atoms with E-state index in [2.05, 4.69) is 10.6 Å². The van der Waals surface area contributed by atoms with Gasteiger partial charge >= 0.3 is 0 Å². The van der Waals surface area contributed by atoms with Crippen molar-refractivity contribution in [3.63, 3.8) is 0 Å². The Balaban J connectivity index is 1.88. The first kappa shape index (κ1) is 17.8. The summed E-state index contributed by atoms with van der Waals surface area (Å²) in [5.74, 6) is -0.354. The number of hydrogen-bond acceptors (Lipinski definition) is 3. The van der Waals surface area contributed by atoms with Crippen LogP contribution in [0.1, 0.15) is 22.8 Å². The summed E-state index contributed by atoms with van der Waals surface area (Å²) in [6, 6.07) is 13.9. The molecule has 2 N–H and O–H groups in total. The predicted molar refractivity (Wildman–Crippen MR) is 101 cm³/mol. The molecule has 0 saturated heterocycles. The fraction of sp³-hybridized carbons (Fsp3) is 0.0556. The molecule has 0 aliphatic heterocycles. The van der Waals surface area contributed by atoms with Crippen LogP contribution in [0.3, 0.4) is 0 Å². The molecule has 0 atom stereocenters. The van der Waals surface area contributed by atoms with Crippen LogP contribution >= 0.6 is 23.8 Å². The molecule has 0 aliphatic carbocycles. The number of rotatable bonds is 4. The van der Waals surface area contributed by atoms with E-state index in [-0.39, 0.29) is 16.8 Å². The molecule has 122 valence electrons. The Hall–Kier alpha value is -2.50. The van der Waals surface area contributed by atoms with Gasteiger partial charge in [-0.1, -0.05) is 23.7 Å². The standard InChI is InChI=1S/C18H15ClN2O2S/c1-12(22)14-5-9-16(10-6-14)20-18(24)21-17(23)11-4-13-2-7-15(19)8-3-13/h2-11H,1H3,(H2,20,21,23,24)/b11-4+. The number of hydrogen-bond donors (Lipinski definition) is 2. The minimum absolute atomic E-state index is 0.00948. The van der Waals surface area contributed by atoms with Gasteiger partial charge in [0.25, 0.3) is 0 Å². The highest BCUT2D eigenvalue weighted by atomic mass is 35.5. The third-order valence-corrected chi connectivity index (χ3v) is 3.54. The van der Waals surface area contributed by atoms with Crippen LogP contribution in [0.5, 0.6) is 0 Å². The average Bonchev–Trinajstić information content (AvgIpc) is 2.54. The average molecular weight is 359 g/mol. The number of ketones is 1. The van der Waals surface area contributed by atoms with E-state index < -0.39 is 0 Å². The van der Waals surface area contributed by atoms with E-state index in [1.165, 1.54) is 13.0 Å². The van der Waals surface area contributed by atoms with Gasteiger partial charge in [0.15, 0.2) is 10.9 Å². The molecule has 4 nitrogen and oxygen atoms in total. The van der Waals surface area contributed by atoms with Crippen molar-refractivity contribution in [3.05, 3.63) is 70.8 Å². The van der Waals surface area contributed by atoms with Crippen LogP contribution in [0.15, 0.2) is 54.6 Å². The minimum Gasteiger partial charge on any atom is -0.332 e. The topological polar surface area (TPSA) is 58.2 Å². The lowest BCUT2D eigenvalue weighted by Crippen LogP contribution is -2.32. The lowest BCUT2D eigenvalue weighted by molar-refractivity contribution is -0.115. The van der Waals surface area contributed by atoms with Crippen molar-refractivity contribution in [2.45, 2.75) is 6.92 Å². The van der Waals surface area contributed by atoms with Crippen molar-refractivity contribution in [2.75, 3.05) is 5.32 Å². The molecular weight excluding hydrogens is 344 g/mol. The summed E-state index contributed by atoms with van der Waals surface area (Å²) in [6.07, 6.45) is 3.05. The summed E-state index contributed by atoms with van der Waals surface area (Å²) in [5.41, 5.74) is 2.15. The van der Waals surface area contributed by atoms with E-state index in [4.69, 9.17) is 23.8 Å². The first-order valence-corrected chi connectivity index (χ1v) is 7.89. The number of Topliss-reactive ketones (excluding diaryl/α,β-unsaturated/α-hetero) is 1. The second-order valence-electron chi connectivity index (χ2n) is 4.96. The second kappa shape index (κ2) is 8.38. The molecular formula is C18H15ClN2O2S. The van der Waals surface area contributed by atoms with Crippen LogP contribution in [-0.2, 0) is 4.79 Å². The summed E-state index contributed by atoms with van der Waals surface area (Å²) < 4.78 is 0. The summed E-state index contributed by atoms with van der Waals surface area (Å²) >= 11 is 10.9. The van der Waals surface area contributed by atoms with Crippen LogP contribution in [0.4, 0.5) is 5.69 Å². The Morgan fingerprint density at radius 1 is 1.04 bits per heavy atom. The molecule has 0 heterocycles. The molecule has 6 heteroatoms. The molecule has 0 bridgehead atoms. The highest BCUT2D eigenvalue weighted by molar-refractivity contribution is 7.80. The first-order valence-electron chi connectivity index (χ1n) is 7.10. The largest absolute Gasteiger partial charge is 0.332 e. The Kier molecular flexibility index (Phi) is 6.23. The van der Waals surface area contributed by atoms with Crippen molar-refractivity contribution in [1.29, 1.82) is 0 Å². The van der Waals surface area contributed by atoms with Gasteiger partial charge in [0, 0.05) is 22.3 Å². The van der Waals surface area contributed by atoms with Crippen molar-refractivity contribution < 1.29 is 9.59 Å². The molecule has 0 unspecified atom stereocenters. The first-order chi connectivity index (χ1) is 11.4. The summed E-state index contributed by atoms with van der Waals surface area (Å²) in [6.45, 7) is 1.50. The van der Waals surface area contributed by atoms with Crippen LogP contribution in [-0.4, -0.2) is 16.8 Å².